The number of nitrogens with zero attached hydrogens (tertiary/aromatic N) is 1. The Balaban J connectivity index is 2.74. The van der Waals surface area contributed by atoms with Crippen LogP contribution in [0.5, 0.6) is 0 Å². The average Bonchev–Trinajstić information content (AvgIpc) is 2.34. The van der Waals surface area contributed by atoms with Crippen LogP contribution in [0.3, 0.4) is 0 Å². The van der Waals surface area contributed by atoms with Gasteiger partial charge in [0.15, 0.2) is 0 Å². The highest BCUT2D eigenvalue weighted by Gasteiger charge is 2.07. The summed E-state index contributed by atoms with van der Waals surface area (Å²) in [4.78, 5) is 14.8. The predicted octanol–water partition coefficient (Wildman–Crippen LogP) is 2.25. The summed E-state index contributed by atoms with van der Waals surface area (Å²) in [6, 6.07) is 6.05. The fraction of sp³-hybridized carbons (Fsp3) is 0.385. The fourth-order valence-electron chi connectivity index (χ4n) is 1.41. The molecule has 1 unspecified atom stereocenters. The molecule has 0 aliphatic heterocycles. The molecule has 18 heavy (non-hydrogen) atoms. The van der Waals surface area contributed by atoms with Gasteiger partial charge < -0.3 is 0 Å². The summed E-state index contributed by atoms with van der Waals surface area (Å²) >= 11 is 0. The molecule has 0 fully saturated rings. The number of nitrogens with two attached hydrogens (primary N) is 1. The van der Waals surface area contributed by atoms with Crippen molar-refractivity contribution < 1.29 is 9.76 Å². The third kappa shape index (κ3) is 4.53. The maximum Gasteiger partial charge on any atom is 0.269 e. The molecule has 5 heteroatoms. The minimum Gasteiger partial charge on any atom is -0.288 e. The van der Waals surface area contributed by atoms with Gasteiger partial charge in [0.2, 0.25) is 0 Å². The van der Waals surface area contributed by atoms with E-state index >= 15 is 0 Å². The molecule has 1 aromatic rings. The average molecular weight is 248 g/mol. The first-order valence-electron chi connectivity index (χ1n) is 5.64. The van der Waals surface area contributed by atoms with E-state index in [1.165, 1.54) is 12.1 Å². The Kier molecular flexibility index (Phi) is 5.31. The van der Waals surface area contributed by atoms with E-state index in [0.717, 1.165) is 6.42 Å². The summed E-state index contributed by atoms with van der Waals surface area (Å²) in [5, 5.41) is 10.5. The molecule has 0 amide bonds. The number of nitro benzene ring substituents is 1. The molecule has 0 spiro atoms. The number of hydrogen-bond donors (Lipinski definition) is 1. The molecule has 96 valence electrons. The van der Waals surface area contributed by atoms with Crippen LogP contribution in [-0.4, -0.2) is 11.0 Å². The Labute approximate surface area is 106 Å². The van der Waals surface area contributed by atoms with Crippen molar-refractivity contribution in [3.05, 3.63) is 39.9 Å². The van der Waals surface area contributed by atoms with Gasteiger partial charge in [-0.25, -0.2) is 5.90 Å². The number of benzene rings is 1. The minimum atomic E-state index is -0.443. The fourth-order valence-corrected chi connectivity index (χ4v) is 1.41. The highest BCUT2D eigenvalue weighted by atomic mass is 16.6. The molecule has 0 heterocycles. The summed E-state index contributed by atoms with van der Waals surface area (Å²) in [5.74, 6) is 11.4. The zero-order valence-electron chi connectivity index (χ0n) is 10.4. The van der Waals surface area contributed by atoms with Gasteiger partial charge in [0.25, 0.3) is 5.69 Å². The Bertz CT molecular complexity index is 457. The number of non-ortho nitro benzene ring substituents is 1. The zero-order valence-corrected chi connectivity index (χ0v) is 10.4. The van der Waals surface area contributed by atoms with E-state index in [2.05, 4.69) is 25.7 Å². The van der Waals surface area contributed by atoms with E-state index in [1.54, 1.807) is 12.1 Å². The molecule has 0 aliphatic carbocycles. The van der Waals surface area contributed by atoms with Crippen LogP contribution in [-0.2, 0) is 4.84 Å². The molecular formula is C13H16N2O3. The molecule has 0 saturated heterocycles. The lowest BCUT2D eigenvalue weighted by Crippen LogP contribution is -2.17. The molecule has 1 atom stereocenters. The molecule has 5 nitrogen and oxygen atoms in total. The molecule has 1 rings (SSSR count). The molecule has 1 aromatic carbocycles. The van der Waals surface area contributed by atoms with Gasteiger partial charge in [-0.3, -0.25) is 15.0 Å². The quantitative estimate of drug-likeness (QED) is 0.503. The van der Waals surface area contributed by atoms with Gasteiger partial charge in [-0.05, 0) is 24.5 Å². The topological polar surface area (TPSA) is 78.4 Å². The first-order valence-corrected chi connectivity index (χ1v) is 5.64. The SMILES string of the molecule is CC(C)CC(C#Cc1ccc([N+](=O)[O-])cc1)ON. The van der Waals surface area contributed by atoms with E-state index in [0.29, 0.717) is 11.5 Å². The van der Waals surface area contributed by atoms with Crippen LogP contribution in [0.2, 0.25) is 0 Å². The van der Waals surface area contributed by atoms with Crippen molar-refractivity contribution in [2.75, 3.05) is 0 Å². The van der Waals surface area contributed by atoms with Gasteiger partial charge in [0.1, 0.15) is 6.10 Å². The first-order chi connectivity index (χ1) is 8.52. The number of rotatable bonds is 4. The molecule has 0 aromatic heterocycles. The minimum absolute atomic E-state index is 0.0503. The van der Waals surface area contributed by atoms with Crippen LogP contribution in [0.4, 0.5) is 5.69 Å². The van der Waals surface area contributed by atoms with Crippen LogP contribution in [0, 0.1) is 27.9 Å². The van der Waals surface area contributed by atoms with Crippen molar-refractivity contribution in [1.29, 1.82) is 0 Å². The molecular weight excluding hydrogens is 232 g/mol. The summed E-state index contributed by atoms with van der Waals surface area (Å²) < 4.78 is 0. The molecule has 0 saturated carbocycles. The van der Waals surface area contributed by atoms with Crippen molar-refractivity contribution in [2.45, 2.75) is 26.4 Å². The van der Waals surface area contributed by atoms with E-state index in [1.807, 2.05) is 0 Å². The van der Waals surface area contributed by atoms with Crippen molar-refractivity contribution in [3.8, 4) is 11.8 Å². The van der Waals surface area contributed by atoms with Crippen LogP contribution in [0.1, 0.15) is 25.8 Å². The molecule has 0 aliphatic rings. The first kappa shape index (κ1) is 14.2. The third-order valence-corrected chi connectivity index (χ3v) is 2.31. The molecule has 0 radical (unpaired) electrons. The van der Waals surface area contributed by atoms with Gasteiger partial charge in [0, 0.05) is 17.7 Å². The maximum absolute atomic E-state index is 10.5. The van der Waals surface area contributed by atoms with E-state index in [4.69, 9.17) is 10.7 Å². The lowest BCUT2D eigenvalue weighted by molar-refractivity contribution is -0.384. The van der Waals surface area contributed by atoms with E-state index < -0.39 is 4.92 Å². The maximum atomic E-state index is 10.5. The number of nitro groups is 1. The van der Waals surface area contributed by atoms with Gasteiger partial charge in [-0.1, -0.05) is 25.7 Å². The normalized spacial score (nSPS) is 11.8. The highest BCUT2D eigenvalue weighted by molar-refractivity contribution is 5.41. The van der Waals surface area contributed by atoms with E-state index in [-0.39, 0.29) is 11.8 Å². The zero-order chi connectivity index (χ0) is 13.5. The van der Waals surface area contributed by atoms with Crippen LogP contribution < -0.4 is 5.90 Å². The van der Waals surface area contributed by atoms with Crippen molar-refractivity contribution in [1.82, 2.24) is 0 Å². The molecule has 0 bridgehead atoms. The van der Waals surface area contributed by atoms with Gasteiger partial charge in [-0.15, -0.1) is 0 Å². The lowest BCUT2D eigenvalue weighted by Gasteiger charge is -2.09. The Morgan fingerprint density at radius 2 is 2.00 bits per heavy atom. The second kappa shape index (κ2) is 6.74. The Morgan fingerprint density at radius 3 is 2.44 bits per heavy atom. The van der Waals surface area contributed by atoms with Crippen LogP contribution in [0.25, 0.3) is 0 Å². The van der Waals surface area contributed by atoms with Gasteiger partial charge in [0.05, 0.1) is 4.92 Å². The van der Waals surface area contributed by atoms with Gasteiger partial charge >= 0.3 is 0 Å². The second-order valence-electron chi connectivity index (χ2n) is 4.33. The summed E-state index contributed by atoms with van der Waals surface area (Å²) in [5.41, 5.74) is 0.751. The van der Waals surface area contributed by atoms with Crippen molar-refractivity contribution in [3.63, 3.8) is 0 Å². The smallest absolute Gasteiger partial charge is 0.269 e. The summed E-state index contributed by atoms with van der Waals surface area (Å²) in [7, 11) is 0. The largest absolute Gasteiger partial charge is 0.288 e. The monoisotopic (exact) mass is 248 g/mol. The standard InChI is InChI=1S/C13H16N2O3/c1-10(2)9-13(18-14)8-5-11-3-6-12(7-4-11)15(16)17/h3-4,6-7,10,13H,9,14H2,1-2H3. The lowest BCUT2D eigenvalue weighted by atomic mass is 10.1. The van der Waals surface area contributed by atoms with Crippen molar-refractivity contribution >= 4 is 5.69 Å². The van der Waals surface area contributed by atoms with Crippen LogP contribution >= 0.6 is 0 Å². The highest BCUT2D eigenvalue weighted by Crippen LogP contribution is 2.11. The van der Waals surface area contributed by atoms with Crippen molar-refractivity contribution in [2.24, 2.45) is 11.8 Å². The van der Waals surface area contributed by atoms with Gasteiger partial charge in [-0.2, -0.15) is 0 Å². The second-order valence-corrected chi connectivity index (χ2v) is 4.33. The molecule has 2 N–H and O–H groups in total. The number of hydrogen-bond acceptors (Lipinski definition) is 4. The van der Waals surface area contributed by atoms with Crippen LogP contribution in [0.15, 0.2) is 24.3 Å². The predicted molar refractivity (Wildman–Crippen MR) is 68.5 cm³/mol. The Hall–Kier alpha value is -1.90. The Morgan fingerprint density at radius 1 is 1.39 bits per heavy atom. The van der Waals surface area contributed by atoms with E-state index in [9.17, 15) is 10.1 Å². The summed E-state index contributed by atoms with van der Waals surface area (Å²) in [6.45, 7) is 4.11. The third-order valence-electron chi connectivity index (χ3n) is 2.31. The summed E-state index contributed by atoms with van der Waals surface area (Å²) in [6.07, 6.45) is 0.427.